The summed E-state index contributed by atoms with van der Waals surface area (Å²) in [5.41, 5.74) is 8.36. The summed E-state index contributed by atoms with van der Waals surface area (Å²) < 4.78 is 13.2. The predicted molar refractivity (Wildman–Crippen MR) is 473 cm³/mol. The highest BCUT2D eigenvalue weighted by Crippen LogP contribution is 2.50. The van der Waals surface area contributed by atoms with Crippen LogP contribution in [0.2, 0.25) is 0 Å². The van der Waals surface area contributed by atoms with Crippen molar-refractivity contribution < 1.29 is 71.8 Å². The molecule has 0 saturated heterocycles. The van der Waals surface area contributed by atoms with Gasteiger partial charge in [-0.1, -0.05) is 262 Å². The van der Waals surface area contributed by atoms with Gasteiger partial charge in [0.05, 0.1) is 0 Å². The van der Waals surface area contributed by atoms with Gasteiger partial charge in [-0.3, -0.25) is 52.7 Å². The molecule has 8 aromatic carbocycles. The van der Waals surface area contributed by atoms with Gasteiger partial charge in [0.25, 0.3) is 11.8 Å². The Hall–Kier alpha value is -11.8. The molecule has 0 heterocycles. The van der Waals surface area contributed by atoms with Crippen LogP contribution in [0.15, 0.2) is 218 Å². The van der Waals surface area contributed by atoms with Crippen LogP contribution in [0.25, 0.3) is 22.3 Å². The first-order valence-corrected chi connectivity index (χ1v) is 45.9. The van der Waals surface area contributed by atoms with Crippen LogP contribution in [0.3, 0.4) is 0 Å². The average molecular weight is 1720 g/mol. The fourth-order valence-electron chi connectivity index (χ4n) is 14.8. The molecule has 9 atom stereocenters. The zero-order chi connectivity index (χ0) is 88.0. The molecule has 0 spiro atoms. The molecular formula is C91H103N11O15P2S2. The van der Waals surface area contributed by atoms with Gasteiger partial charge in [0, 0.05) is 43.2 Å². The summed E-state index contributed by atoms with van der Waals surface area (Å²) in [6.45, 7) is 15.8. The molecule has 121 heavy (non-hydrogen) atoms. The summed E-state index contributed by atoms with van der Waals surface area (Å²) in [4.78, 5) is 196. The van der Waals surface area contributed by atoms with Crippen LogP contribution in [0, 0.1) is 5.92 Å². The Kier molecular flexibility index (Phi) is 29.9. The second-order valence-electron chi connectivity index (χ2n) is 31.5. The SMILES string of the molecule is CC[C@H](C)[C@H](NC(=O)[C@H](C)NC(=O)C(C)(C)NC(=O)[C@H](C)NC(C)=O)C(=O)N[C@@H](C)C(=O)N(C(=O)OCC1c2ccccc2-c2ccccc21)[C@@H](CP(=S)(c1ccccc1)c1ccccc1)C(=O)N(C(=O)OCC1c2ccccc2-c2ccccc21)[C@@H](CP(=S)(c1ccccc1)c1ccccc1)C(=O)N[C@@H](C)C(=O)NC(C)(C)C(=O)N[C@@H](C)C(N)=O. The smallest absolute Gasteiger partial charge is 0.417 e. The molecule has 8 aromatic rings. The molecule has 26 nitrogen and oxygen atoms in total. The van der Waals surface area contributed by atoms with Gasteiger partial charge in [-0.15, -0.1) is 0 Å². The third-order valence-corrected chi connectivity index (χ3v) is 31.6. The van der Waals surface area contributed by atoms with E-state index in [9.17, 15) is 33.6 Å². The summed E-state index contributed by atoms with van der Waals surface area (Å²) in [5.74, 6) is -12.6. The Morgan fingerprint density at radius 2 is 0.702 bits per heavy atom. The standard InChI is InChI=1S/C91H103N11O15P2S2/c1-13-54(2)77(98-79(105)56(4)97-87(113)91(11,12)99-80(106)57(5)93-60(8)103)83(109)95-59(7)84(110)102(89(115)117-51-74-71-48-32-28-44-67(71)68-45-29-33-49-72(68)74)76(53-119(121,63-38-22-16-23-39-63)64-40-24-17-25-41-64)85(111)101(88(114)116-50-73-69-46-30-26-42-65(69)66-43-27-31-47-70(66)73)75(52-118(120,61-34-18-14-19-35-61)62-36-20-15-21-37-62)82(108)94-58(6)81(107)100-90(9,10)86(112)96-55(3)78(92)104/h14-49,54-59,73-77H,13,50-53H2,1-12H3,(H2,92,104)(H,93,103)(H,94,108)(H,95,109)(H,96,112)(H,97,113)(H,98,105)(H,99,106)(H,100,107)/t54-,55-,56-,57-,58-,59-,75-,76-,77-/m0/s1. The van der Waals surface area contributed by atoms with E-state index in [4.69, 9.17) is 38.8 Å². The van der Waals surface area contributed by atoms with E-state index in [0.29, 0.717) is 31.0 Å². The van der Waals surface area contributed by atoms with Crippen LogP contribution in [0.5, 0.6) is 0 Å². The molecule has 2 aliphatic rings. The van der Waals surface area contributed by atoms with E-state index in [2.05, 4.69) is 42.5 Å². The molecule has 10 rings (SSSR count). The molecule has 2 aliphatic carbocycles. The van der Waals surface area contributed by atoms with E-state index in [-0.39, 0.29) is 6.42 Å². The number of amides is 13. The minimum absolute atomic E-state index is 0.234. The van der Waals surface area contributed by atoms with Crippen molar-refractivity contribution >= 4 is 134 Å². The van der Waals surface area contributed by atoms with Gasteiger partial charge < -0.3 is 57.7 Å². The highest BCUT2D eigenvalue weighted by atomic mass is 32.4. The number of nitrogens with zero attached hydrogens (tertiary/aromatic N) is 2. The highest BCUT2D eigenvalue weighted by molar-refractivity contribution is 8.22. The maximum atomic E-state index is 18.1. The largest absolute Gasteiger partial charge is 0.448 e. The molecule has 634 valence electrons. The Bertz CT molecular complexity index is 5160. The van der Waals surface area contributed by atoms with Crippen molar-refractivity contribution in [2.75, 3.05) is 25.5 Å². The van der Waals surface area contributed by atoms with E-state index >= 15 is 28.8 Å². The molecule has 0 unspecified atom stereocenters. The molecule has 0 fully saturated rings. The number of imide groups is 2. The summed E-state index contributed by atoms with van der Waals surface area (Å²) in [6.07, 6.45) is -4.07. The fourth-order valence-corrected chi connectivity index (χ4v) is 22.8. The van der Waals surface area contributed by atoms with Crippen molar-refractivity contribution in [3.05, 3.63) is 241 Å². The van der Waals surface area contributed by atoms with Crippen LogP contribution in [-0.4, -0.2) is 172 Å². The summed E-state index contributed by atoms with van der Waals surface area (Å²) >= 11 is 14.1. The summed E-state index contributed by atoms with van der Waals surface area (Å²) in [6, 6.07) is 44.0. The van der Waals surface area contributed by atoms with Gasteiger partial charge in [0.1, 0.15) is 72.6 Å². The first-order chi connectivity index (χ1) is 57.4. The van der Waals surface area contributed by atoms with Crippen molar-refractivity contribution in [3.63, 3.8) is 0 Å². The van der Waals surface area contributed by atoms with E-state index < -0.39 is 192 Å². The molecule has 0 saturated carbocycles. The van der Waals surface area contributed by atoms with Crippen molar-refractivity contribution in [2.24, 2.45) is 11.7 Å². The lowest BCUT2D eigenvalue weighted by molar-refractivity contribution is -0.147. The Morgan fingerprint density at radius 3 is 1.06 bits per heavy atom. The lowest BCUT2D eigenvalue weighted by Crippen LogP contribution is -2.65. The number of hydrogen-bond acceptors (Lipinski definition) is 17. The number of carbonyl (C=O) groups is 13. The van der Waals surface area contributed by atoms with Crippen LogP contribution >= 0.6 is 12.1 Å². The number of nitrogens with two attached hydrogens (primary N) is 1. The third kappa shape index (κ3) is 21.1. The Morgan fingerprint density at radius 1 is 0.388 bits per heavy atom. The number of nitrogens with one attached hydrogen (secondary N) is 8. The van der Waals surface area contributed by atoms with Crippen LogP contribution < -0.4 is 69.5 Å². The van der Waals surface area contributed by atoms with E-state index in [1.165, 1.54) is 69.2 Å². The van der Waals surface area contributed by atoms with Gasteiger partial charge >= 0.3 is 12.2 Å². The average Bonchev–Trinajstić information content (AvgIpc) is 1.73. The lowest BCUT2D eigenvalue weighted by Gasteiger charge is -2.39. The minimum Gasteiger partial charge on any atom is -0.448 e. The maximum absolute atomic E-state index is 18.1. The second kappa shape index (κ2) is 39.6. The van der Waals surface area contributed by atoms with Crippen LogP contribution in [0.1, 0.15) is 124 Å². The molecule has 0 bridgehead atoms. The van der Waals surface area contributed by atoms with E-state index in [0.717, 1.165) is 44.5 Å². The fraction of sp³-hybridized carbons (Fsp3) is 0.330. The van der Waals surface area contributed by atoms with Gasteiger partial charge in [-0.25, -0.2) is 19.4 Å². The molecule has 10 N–H and O–H groups in total. The quantitative estimate of drug-likeness (QED) is 0.0173. The lowest BCUT2D eigenvalue weighted by atomic mass is 9.97. The Balaban J connectivity index is 1.17. The second-order valence-corrected chi connectivity index (χ2v) is 41.0. The van der Waals surface area contributed by atoms with Gasteiger partial charge in [0.15, 0.2) is 0 Å². The van der Waals surface area contributed by atoms with Crippen molar-refractivity contribution in [1.82, 2.24) is 52.3 Å². The van der Waals surface area contributed by atoms with E-state index in [1.807, 2.05) is 97.1 Å². The maximum Gasteiger partial charge on any atom is 0.417 e. The van der Waals surface area contributed by atoms with Gasteiger partial charge in [-0.2, -0.15) is 0 Å². The number of primary amides is 1. The number of hydrogen-bond donors (Lipinski definition) is 9. The Labute approximate surface area is 714 Å². The number of ether oxygens (including phenoxy) is 2. The zero-order valence-electron chi connectivity index (χ0n) is 69.5. The third-order valence-electron chi connectivity index (χ3n) is 21.9. The monoisotopic (exact) mass is 1720 g/mol. The normalized spacial score (nSPS) is 14.6. The number of rotatable bonds is 34. The summed E-state index contributed by atoms with van der Waals surface area (Å²) in [5, 5.41) is 22.8. The van der Waals surface area contributed by atoms with Gasteiger partial charge in [0.2, 0.25) is 53.2 Å². The predicted octanol–water partition coefficient (Wildman–Crippen LogP) is 7.89. The molecule has 13 amide bonds. The van der Waals surface area contributed by atoms with E-state index in [1.54, 1.807) is 135 Å². The highest BCUT2D eigenvalue weighted by Gasteiger charge is 2.51. The van der Waals surface area contributed by atoms with Crippen LogP contribution in [-0.2, 0) is 85.8 Å². The number of benzene rings is 8. The first kappa shape index (κ1) is 91.5. The van der Waals surface area contributed by atoms with Crippen LogP contribution in [0.4, 0.5) is 9.59 Å². The molecule has 0 radical (unpaired) electrons. The molecular weight excluding hydrogens is 1610 g/mol. The minimum atomic E-state index is -3.79. The number of fused-ring (bicyclic) bond motifs is 6. The molecule has 30 heteroatoms. The number of carbonyl (C=O) groups excluding carboxylic acids is 13. The summed E-state index contributed by atoms with van der Waals surface area (Å²) in [7, 11) is 0. The topological polar surface area (TPSA) is 369 Å². The first-order valence-electron chi connectivity index (χ1n) is 39.9. The van der Waals surface area contributed by atoms with Gasteiger partial charge in [-0.05, 0) is 134 Å². The zero-order valence-corrected chi connectivity index (χ0v) is 72.9. The van der Waals surface area contributed by atoms with Crippen molar-refractivity contribution in [3.8, 4) is 22.3 Å². The van der Waals surface area contributed by atoms with Crippen molar-refractivity contribution in [1.29, 1.82) is 0 Å². The molecule has 0 aliphatic heterocycles. The van der Waals surface area contributed by atoms with Crippen molar-refractivity contribution in [2.45, 2.75) is 161 Å². The molecule has 0 aromatic heterocycles.